The molecule has 3 aromatic rings. The standard InChI is InChI=1S/C30H34N4O3/c1-23-5-3-6-26(17-23)20-32-30(35)34-15-13-33(14-16-34)21-29(27-7-4-8-28(18-27)36-2)37-22-25-11-9-24(19-31)10-12-25/h3-12,17-18,29H,13-16,20-22H2,1-2H3,(H,32,35). The molecule has 4 rings (SSSR count). The summed E-state index contributed by atoms with van der Waals surface area (Å²) in [6.45, 7) is 6.62. The number of piperazine rings is 1. The van der Waals surface area contributed by atoms with Gasteiger partial charge >= 0.3 is 6.03 Å². The minimum atomic E-state index is -0.160. The van der Waals surface area contributed by atoms with E-state index >= 15 is 0 Å². The molecule has 3 aromatic carbocycles. The van der Waals surface area contributed by atoms with Crippen molar-refractivity contribution in [3.05, 3.63) is 101 Å². The highest BCUT2D eigenvalue weighted by Crippen LogP contribution is 2.25. The van der Waals surface area contributed by atoms with E-state index in [1.54, 1.807) is 7.11 Å². The lowest BCUT2D eigenvalue weighted by atomic mass is 10.1. The van der Waals surface area contributed by atoms with Crippen LogP contribution in [0, 0.1) is 18.3 Å². The molecule has 1 fully saturated rings. The SMILES string of the molecule is COc1cccc(C(CN2CCN(C(=O)NCc3cccc(C)c3)CC2)OCc2ccc(C#N)cc2)c1. The number of rotatable bonds is 9. The lowest BCUT2D eigenvalue weighted by Crippen LogP contribution is -2.52. The zero-order chi connectivity index (χ0) is 26.0. The highest BCUT2D eigenvalue weighted by Gasteiger charge is 2.24. The first kappa shape index (κ1) is 26.2. The molecule has 0 radical (unpaired) electrons. The summed E-state index contributed by atoms with van der Waals surface area (Å²) in [6.07, 6.45) is -0.160. The molecule has 1 aliphatic rings. The van der Waals surface area contributed by atoms with E-state index in [9.17, 15) is 4.79 Å². The average Bonchev–Trinajstić information content (AvgIpc) is 2.94. The van der Waals surface area contributed by atoms with E-state index in [2.05, 4.69) is 41.4 Å². The quantitative estimate of drug-likeness (QED) is 0.464. The van der Waals surface area contributed by atoms with Gasteiger partial charge in [-0.1, -0.05) is 54.1 Å². The smallest absolute Gasteiger partial charge is 0.317 e. The fraction of sp³-hybridized carbons (Fsp3) is 0.333. The van der Waals surface area contributed by atoms with Crippen molar-refractivity contribution < 1.29 is 14.3 Å². The second-order valence-electron chi connectivity index (χ2n) is 9.32. The van der Waals surface area contributed by atoms with Crippen LogP contribution in [0.2, 0.25) is 0 Å². The third-order valence-electron chi connectivity index (χ3n) is 6.61. The number of amides is 2. The van der Waals surface area contributed by atoms with E-state index in [-0.39, 0.29) is 12.1 Å². The van der Waals surface area contributed by atoms with E-state index < -0.39 is 0 Å². The second kappa shape index (κ2) is 12.9. The van der Waals surface area contributed by atoms with Crippen LogP contribution in [0.4, 0.5) is 4.79 Å². The van der Waals surface area contributed by atoms with Crippen molar-refractivity contribution in [1.82, 2.24) is 15.1 Å². The Morgan fingerprint density at radius 3 is 2.46 bits per heavy atom. The van der Waals surface area contributed by atoms with Gasteiger partial charge in [-0.2, -0.15) is 5.26 Å². The molecular weight excluding hydrogens is 464 g/mol. The Balaban J connectivity index is 1.33. The van der Waals surface area contributed by atoms with Gasteiger partial charge < -0.3 is 19.7 Å². The molecule has 1 saturated heterocycles. The third kappa shape index (κ3) is 7.56. The number of carbonyl (C=O) groups is 1. The first-order chi connectivity index (χ1) is 18.0. The number of nitrogens with one attached hydrogen (secondary N) is 1. The zero-order valence-electron chi connectivity index (χ0n) is 21.5. The van der Waals surface area contributed by atoms with Crippen molar-refractivity contribution in [2.45, 2.75) is 26.2 Å². The van der Waals surface area contributed by atoms with E-state index in [1.165, 1.54) is 5.56 Å². The third-order valence-corrected chi connectivity index (χ3v) is 6.61. The molecule has 0 saturated carbocycles. The summed E-state index contributed by atoms with van der Waals surface area (Å²) >= 11 is 0. The van der Waals surface area contributed by atoms with Crippen LogP contribution in [0.1, 0.15) is 33.9 Å². The summed E-state index contributed by atoms with van der Waals surface area (Å²) in [5, 5.41) is 12.1. The van der Waals surface area contributed by atoms with Gasteiger partial charge in [-0.15, -0.1) is 0 Å². The fourth-order valence-electron chi connectivity index (χ4n) is 4.45. The Kier molecular flexibility index (Phi) is 9.14. The first-order valence-corrected chi connectivity index (χ1v) is 12.6. The number of benzene rings is 3. The van der Waals surface area contributed by atoms with Gasteiger partial charge in [-0.25, -0.2) is 4.79 Å². The number of ether oxygens (including phenoxy) is 2. The molecule has 1 heterocycles. The molecule has 2 amide bonds. The van der Waals surface area contributed by atoms with Crippen molar-refractivity contribution in [3.63, 3.8) is 0 Å². The Hall–Kier alpha value is -3.86. The number of nitrogens with zero attached hydrogens (tertiary/aromatic N) is 3. The van der Waals surface area contributed by atoms with Crippen LogP contribution in [0.15, 0.2) is 72.8 Å². The molecule has 7 nitrogen and oxygen atoms in total. The maximum atomic E-state index is 12.7. The monoisotopic (exact) mass is 498 g/mol. The average molecular weight is 499 g/mol. The summed E-state index contributed by atoms with van der Waals surface area (Å²) in [4.78, 5) is 16.9. The number of urea groups is 1. The Bertz CT molecular complexity index is 1210. The molecule has 1 N–H and O–H groups in total. The number of nitriles is 1. The molecule has 0 aromatic heterocycles. The van der Waals surface area contributed by atoms with Crippen LogP contribution in [-0.2, 0) is 17.9 Å². The van der Waals surface area contributed by atoms with Gasteiger partial charge in [0, 0.05) is 39.3 Å². The fourth-order valence-corrected chi connectivity index (χ4v) is 4.45. The predicted molar refractivity (Wildman–Crippen MR) is 143 cm³/mol. The van der Waals surface area contributed by atoms with Crippen molar-refractivity contribution in [1.29, 1.82) is 5.26 Å². The van der Waals surface area contributed by atoms with Crippen LogP contribution >= 0.6 is 0 Å². The summed E-state index contributed by atoms with van der Waals surface area (Å²) < 4.78 is 11.8. The predicted octanol–water partition coefficient (Wildman–Crippen LogP) is 4.66. The highest BCUT2D eigenvalue weighted by molar-refractivity contribution is 5.74. The van der Waals surface area contributed by atoms with Crippen LogP contribution in [-0.4, -0.2) is 55.7 Å². The van der Waals surface area contributed by atoms with Gasteiger partial charge in [-0.3, -0.25) is 4.90 Å². The maximum absolute atomic E-state index is 12.7. The van der Waals surface area contributed by atoms with Gasteiger partial charge in [0.05, 0.1) is 31.5 Å². The molecule has 37 heavy (non-hydrogen) atoms. The summed E-state index contributed by atoms with van der Waals surface area (Å²) in [7, 11) is 1.66. The highest BCUT2D eigenvalue weighted by atomic mass is 16.5. The van der Waals surface area contributed by atoms with Crippen LogP contribution in [0.5, 0.6) is 5.75 Å². The number of carbonyl (C=O) groups excluding carboxylic acids is 1. The molecular formula is C30H34N4O3. The topological polar surface area (TPSA) is 77.8 Å². The lowest BCUT2D eigenvalue weighted by molar-refractivity contribution is 0.00546. The summed E-state index contributed by atoms with van der Waals surface area (Å²) in [5.41, 5.74) is 4.99. The molecule has 0 spiro atoms. The molecule has 0 aliphatic carbocycles. The summed E-state index contributed by atoms with van der Waals surface area (Å²) in [6, 6.07) is 25.7. The van der Waals surface area contributed by atoms with Crippen LogP contribution in [0.3, 0.4) is 0 Å². The molecule has 1 unspecified atom stereocenters. The Labute approximate surface area is 219 Å². The molecule has 192 valence electrons. The van der Waals surface area contributed by atoms with Crippen molar-refractivity contribution in [3.8, 4) is 11.8 Å². The zero-order valence-corrected chi connectivity index (χ0v) is 21.5. The van der Waals surface area contributed by atoms with Crippen LogP contribution in [0.25, 0.3) is 0 Å². The second-order valence-corrected chi connectivity index (χ2v) is 9.32. The van der Waals surface area contributed by atoms with E-state index in [1.807, 2.05) is 59.5 Å². The Morgan fingerprint density at radius 1 is 1.00 bits per heavy atom. The van der Waals surface area contributed by atoms with E-state index in [0.29, 0.717) is 38.3 Å². The van der Waals surface area contributed by atoms with Crippen LogP contribution < -0.4 is 10.1 Å². The minimum Gasteiger partial charge on any atom is -0.497 e. The number of hydrogen-bond acceptors (Lipinski definition) is 5. The minimum absolute atomic E-state index is 0.0254. The normalized spacial score (nSPS) is 14.6. The Morgan fingerprint density at radius 2 is 1.76 bits per heavy atom. The lowest BCUT2D eigenvalue weighted by Gasteiger charge is -2.36. The van der Waals surface area contributed by atoms with Gasteiger partial charge in [0.1, 0.15) is 5.75 Å². The van der Waals surface area contributed by atoms with Gasteiger partial charge in [0.15, 0.2) is 0 Å². The van der Waals surface area contributed by atoms with Gasteiger partial charge in [-0.05, 0) is 47.9 Å². The van der Waals surface area contributed by atoms with Crippen molar-refractivity contribution in [2.24, 2.45) is 0 Å². The molecule has 1 aliphatic heterocycles. The van der Waals surface area contributed by atoms with Gasteiger partial charge in [0.25, 0.3) is 0 Å². The van der Waals surface area contributed by atoms with Gasteiger partial charge in [0.2, 0.25) is 0 Å². The number of methoxy groups -OCH3 is 1. The molecule has 7 heteroatoms. The first-order valence-electron chi connectivity index (χ1n) is 12.6. The van der Waals surface area contributed by atoms with E-state index in [4.69, 9.17) is 14.7 Å². The number of aryl methyl sites for hydroxylation is 1. The molecule has 1 atom stereocenters. The van der Waals surface area contributed by atoms with E-state index in [0.717, 1.165) is 35.5 Å². The van der Waals surface area contributed by atoms with Crippen molar-refractivity contribution in [2.75, 3.05) is 39.8 Å². The summed E-state index contributed by atoms with van der Waals surface area (Å²) in [5.74, 6) is 0.791. The van der Waals surface area contributed by atoms with Crippen molar-refractivity contribution >= 4 is 6.03 Å². The maximum Gasteiger partial charge on any atom is 0.317 e. The molecule has 0 bridgehead atoms. The number of hydrogen-bond donors (Lipinski definition) is 1. The largest absolute Gasteiger partial charge is 0.497 e.